The Balaban J connectivity index is 1.71. The van der Waals surface area contributed by atoms with Gasteiger partial charge in [0, 0.05) is 17.7 Å². The number of rotatable bonds is 12. The summed E-state index contributed by atoms with van der Waals surface area (Å²) in [5, 5.41) is 10.4. The Morgan fingerprint density at radius 1 is 0.880 bits per heavy atom. The number of hydrogen-bond donors (Lipinski definition) is 1. The molecular weight excluding hydrogens is 334 g/mol. The van der Waals surface area contributed by atoms with Crippen LogP contribution in [0.2, 0.25) is 5.02 Å². The monoisotopic (exact) mass is 363 g/mol. The first-order valence-electron chi connectivity index (χ1n) is 9.49. The third kappa shape index (κ3) is 6.48. The largest absolute Gasteiger partial charge is 0.493 e. The van der Waals surface area contributed by atoms with Crippen molar-refractivity contribution in [1.29, 1.82) is 0 Å². The van der Waals surface area contributed by atoms with Gasteiger partial charge in [0.1, 0.15) is 5.52 Å². The van der Waals surface area contributed by atoms with E-state index in [-0.39, 0.29) is 0 Å². The highest BCUT2D eigenvalue weighted by Crippen LogP contribution is 2.32. The van der Waals surface area contributed by atoms with E-state index in [2.05, 4.69) is 12.1 Å². The molecule has 0 bridgehead atoms. The highest BCUT2D eigenvalue weighted by atomic mass is 35.5. The number of methoxy groups -OCH3 is 1. The van der Waals surface area contributed by atoms with Gasteiger partial charge < -0.3 is 9.84 Å². The molecule has 0 fully saturated rings. The Kier molecular flexibility index (Phi) is 9.06. The molecule has 2 aromatic rings. The van der Waals surface area contributed by atoms with Gasteiger partial charge in [0.25, 0.3) is 0 Å². The van der Waals surface area contributed by atoms with Crippen LogP contribution in [0.1, 0.15) is 63.5 Å². The number of unbranched alkanes of at least 4 members (excludes halogenated alkanes) is 8. The molecule has 1 N–H and O–H groups in total. The molecule has 0 radical (unpaired) electrons. The number of aliphatic hydroxyl groups is 1. The predicted octanol–water partition coefficient (Wildman–Crippen LogP) is 5.94. The standard InChI is InChI=1S/C21H30ClNO2/c1-25-21-19(22)15-13-17-12-14-18(23-20(17)21)11-9-7-5-3-2-4-6-8-10-16-24/h12-15,24H,2-11,16H2,1H3. The maximum absolute atomic E-state index is 8.74. The molecule has 1 aromatic carbocycles. The molecule has 25 heavy (non-hydrogen) atoms. The third-order valence-corrected chi connectivity index (χ3v) is 4.92. The molecule has 0 amide bonds. The van der Waals surface area contributed by atoms with Crippen molar-refractivity contribution in [2.75, 3.05) is 13.7 Å². The lowest BCUT2D eigenvalue weighted by Crippen LogP contribution is -1.94. The minimum absolute atomic E-state index is 0.334. The van der Waals surface area contributed by atoms with Crippen LogP contribution in [0, 0.1) is 0 Å². The minimum atomic E-state index is 0.334. The smallest absolute Gasteiger partial charge is 0.163 e. The van der Waals surface area contributed by atoms with Gasteiger partial charge in [0.2, 0.25) is 0 Å². The number of benzene rings is 1. The number of aliphatic hydroxyl groups excluding tert-OH is 1. The lowest BCUT2D eigenvalue weighted by Gasteiger charge is -2.09. The fraction of sp³-hybridized carbons (Fsp3) is 0.571. The lowest BCUT2D eigenvalue weighted by atomic mass is 10.1. The van der Waals surface area contributed by atoms with E-state index in [1.165, 1.54) is 44.9 Å². The fourth-order valence-corrected chi connectivity index (χ4v) is 3.40. The summed E-state index contributed by atoms with van der Waals surface area (Å²) in [4.78, 5) is 4.75. The maximum Gasteiger partial charge on any atom is 0.163 e. The molecule has 0 unspecified atom stereocenters. The SMILES string of the molecule is COc1c(Cl)ccc2ccc(CCCCCCCCCCCO)nc12. The summed E-state index contributed by atoms with van der Waals surface area (Å²) in [5.74, 6) is 0.669. The maximum atomic E-state index is 8.74. The Bertz CT molecular complexity index is 645. The number of ether oxygens (including phenoxy) is 1. The molecule has 2 rings (SSSR count). The van der Waals surface area contributed by atoms with Crippen molar-refractivity contribution < 1.29 is 9.84 Å². The van der Waals surface area contributed by atoms with Crippen LogP contribution in [-0.2, 0) is 6.42 Å². The van der Waals surface area contributed by atoms with Crippen LogP contribution in [0.5, 0.6) is 5.75 Å². The molecule has 0 aliphatic carbocycles. The summed E-state index contributed by atoms with van der Waals surface area (Å²) in [6, 6.07) is 8.05. The molecular formula is C21H30ClNO2. The minimum Gasteiger partial charge on any atom is -0.493 e. The second-order valence-corrected chi connectivity index (χ2v) is 7.02. The van der Waals surface area contributed by atoms with Gasteiger partial charge in [-0.05, 0) is 31.4 Å². The quantitative estimate of drug-likeness (QED) is 0.474. The molecule has 1 aromatic heterocycles. The van der Waals surface area contributed by atoms with E-state index < -0.39 is 0 Å². The van der Waals surface area contributed by atoms with Crippen molar-refractivity contribution in [2.45, 2.75) is 64.2 Å². The predicted molar refractivity (Wildman–Crippen MR) is 106 cm³/mol. The van der Waals surface area contributed by atoms with Crippen LogP contribution in [0.25, 0.3) is 10.9 Å². The number of nitrogens with zero attached hydrogens (tertiary/aromatic N) is 1. The van der Waals surface area contributed by atoms with Crippen LogP contribution in [0.4, 0.5) is 0 Å². The summed E-state index contributed by atoms with van der Waals surface area (Å²) in [5.41, 5.74) is 1.97. The Hall–Kier alpha value is -1.32. The van der Waals surface area contributed by atoms with E-state index in [0.29, 0.717) is 17.4 Å². The number of aryl methyl sites for hydroxylation is 1. The molecule has 0 aliphatic heterocycles. The van der Waals surface area contributed by atoms with Gasteiger partial charge in [-0.25, -0.2) is 4.98 Å². The summed E-state index contributed by atoms with van der Waals surface area (Å²) in [7, 11) is 1.64. The summed E-state index contributed by atoms with van der Waals surface area (Å²) in [6.45, 7) is 0.334. The van der Waals surface area contributed by atoms with Gasteiger partial charge in [-0.15, -0.1) is 0 Å². The molecule has 0 saturated heterocycles. The average Bonchev–Trinajstić information content (AvgIpc) is 2.63. The van der Waals surface area contributed by atoms with Crippen molar-refractivity contribution >= 4 is 22.5 Å². The van der Waals surface area contributed by atoms with Crippen molar-refractivity contribution in [3.63, 3.8) is 0 Å². The van der Waals surface area contributed by atoms with Gasteiger partial charge in [0.15, 0.2) is 5.75 Å². The highest BCUT2D eigenvalue weighted by molar-refractivity contribution is 6.33. The van der Waals surface area contributed by atoms with Crippen LogP contribution in [0.15, 0.2) is 24.3 Å². The van der Waals surface area contributed by atoms with Gasteiger partial charge in [-0.1, -0.05) is 68.7 Å². The molecule has 4 heteroatoms. The summed E-state index contributed by atoms with van der Waals surface area (Å²) >= 11 is 6.19. The first-order chi connectivity index (χ1) is 12.3. The zero-order chi connectivity index (χ0) is 17.9. The van der Waals surface area contributed by atoms with Crippen LogP contribution >= 0.6 is 11.6 Å². The van der Waals surface area contributed by atoms with Crippen molar-refractivity contribution in [3.8, 4) is 5.75 Å². The second kappa shape index (κ2) is 11.3. The number of hydrogen-bond acceptors (Lipinski definition) is 3. The van der Waals surface area contributed by atoms with E-state index in [1.54, 1.807) is 7.11 Å². The topological polar surface area (TPSA) is 42.4 Å². The first-order valence-corrected chi connectivity index (χ1v) is 9.87. The number of fused-ring (bicyclic) bond motifs is 1. The van der Waals surface area contributed by atoms with E-state index in [9.17, 15) is 0 Å². The molecule has 3 nitrogen and oxygen atoms in total. The van der Waals surface area contributed by atoms with Gasteiger partial charge in [0.05, 0.1) is 12.1 Å². The molecule has 0 saturated carbocycles. The fourth-order valence-electron chi connectivity index (χ4n) is 3.17. The molecule has 0 aliphatic rings. The molecule has 0 atom stereocenters. The second-order valence-electron chi connectivity index (χ2n) is 6.61. The zero-order valence-corrected chi connectivity index (χ0v) is 16.0. The van der Waals surface area contributed by atoms with E-state index >= 15 is 0 Å². The third-order valence-electron chi connectivity index (χ3n) is 4.62. The van der Waals surface area contributed by atoms with E-state index in [4.69, 9.17) is 26.4 Å². The van der Waals surface area contributed by atoms with Crippen molar-refractivity contribution in [1.82, 2.24) is 4.98 Å². The highest BCUT2D eigenvalue weighted by Gasteiger charge is 2.08. The van der Waals surface area contributed by atoms with Crippen LogP contribution in [-0.4, -0.2) is 23.8 Å². The number of pyridine rings is 1. The first kappa shape index (κ1) is 20.0. The summed E-state index contributed by atoms with van der Waals surface area (Å²) < 4.78 is 5.41. The van der Waals surface area contributed by atoms with E-state index in [1.807, 2.05) is 12.1 Å². The lowest BCUT2D eigenvalue weighted by molar-refractivity contribution is 0.282. The Labute approximate surface area is 156 Å². The van der Waals surface area contributed by atoms with Crippen molar-refractivity contribution in [3.05, 3.63) is 35.0 Å². The molecule has 138 valence electrons. The van der Waals surface area contributed by atoms with Crippen LogP contribution < -0.4 is 4.74 Å². The zero-order valence-electron chi connectivity index (χ0n) is 15.3. The Morgan fingerprint density at radius 2 is 1.48 bits per heavy atom. The Morgan fingerprint density at radius 3 is 2.12 bits per heavy atom. The summed E-state index contributed by atoms with van der Waals surface area (Å²) in [6.07, 6.45) is 12.0. The van der Waals surface area contributed by atoms with Crippen LogP contribution in [0.3, 0.4) is 0 Å². The van der Waals surface area contributed by atoms with E-state index in [0.717, 1.165) is 35.9 Å². The number of halogens is 1. The molecule has 0 spiro atoms. The number of aromatic nitrogens is 1. The van der Waals surface area contributed by atoms with Gasteiger partial charge >= 0.3 is 0 Å². The normalized spacial score (nSPS) is 11.2. The van der Waals surface area contributed by atoms with Gasteiger partial charge in [-0.3, -0.25) is 0 Å². The average molecular weight is 364 g/mol. The van der Waals surface area contributed by atoms with Crippen molar-refractivity contribution in [2.24, 2.45) is 0 Å². The molecule has 1 heterocycles. The van der Waals surface area contributed by atoms with Gasteiger partial charge in [-0.2, -0.15) is 0 Å².